The van der Waals surface area contributed by atoms with E-state index in [4.69, 9.17) is 0 Å². The highest BCUT2D eigenvalue weighted by molar-refractivity contribution is 5.96. The van der Waals surface area contributed by atoms with E-state index in [-0.39, 0.29) is 11.5 Å². The van der Waals surface area contributed by atoms with Crippen LogP contribution in [-0.2, 0) is 0 Å². The van der Waals surface area contributed by atoms with Crippen molar-refractivity contribution in [3.63, 3.8) is 0 Å². The number of piperazine rings is 1. The van der Waals surface area contributed by atoms with Gasteiger partial charge in [-0.05, 0) is 19.1 Å². The van der Waals surface area contributed by atoms with Gasteiger partial charge in [0, 0.05) is 56.5 Å². The van der Waals surface area contributed by atoms with Crippen LogP contribution in [-0.4, -0.2) is 40.5 Å². The van der Waals surface area contributed by atoms with Gasteiger partial charge < -0.3 is 24.9 Å². The molecule has 0 radical (unpaired) electrons. The number of imidazole rings is 1. The van der Waals surface area contributed by atoms with Crippen molar-refractivity contribution >= 4 is 33.6 Å². The van der Waals surface area contributed by atoms with Crippen molar-refractivity contribution < 1.29 is 8.78 Å². The fourth-order valence-corrected chi connectivity index (χ4v) is 3.81. The first-order chi connectivity index (χ1) is 13.6. The molecule has 1 fully saturated rings. The number of aromatic nitrogens is 3. The van der Waals surface area contributed by atoms with E-state index in [0.29, 0.717) is 22.3 Å². The van der Waals surface area contributed by atoms with Gasteiger partial charge in [0.25, 0.3) is 0 Å². The van der Waals surface area contributed by atoms with Gasteiger partial charge in [-0.1, -0.05) is 0 Å². The highest BCUT2D eigenvalue weighted by Crippen LogP contribution is 2.32. The smallest absolute Gasteiger partial charge is 0.173 e. The van der Waals surface area contributed by atoms with Crippen molar-refractivity contribution in [3.8, 4) is 0 Å². The Morgan fingerprint density at radius 1 is 1.07 bits per heavy atom. The maximum Gasteiger partial charge on any atom is 0.173 e. The summed E-state index contributed by atoms with van der Waals surface area (Å²) in [5.41, 5.74) is 3.66. The molecule has 1 aliphatic heterocycles. The second-order valence-corrected chi connectivity index (χ2v) is 7.10. The van der Waals surface area contributed by atoms with Gasteiger partial charge in [0.15, 0.2) is 11.5 Å². The number of halogens is 2. The Bertz CT molecular complexity index is 1170. The third kappa shape index (κ3) is 2.86. The summed E-state index contributed by atoms with van der Waals surface area (Å²) in [6, 6.07) is 4.89. The summed E-state index contributed by atoms with van der Waals surface area (Å²) in [6.07, 6.45) is 5.19. The zero-order valence-corrected chi connectivity index (χ0v) is 15.4. The van der Waals surface area contributed by atoms with Gasteiger partial charge in [0.05, 0.1) is 28.0 Å². The number of fused-ring (bicyclic) bond motifs is 2. The third-order valence-corrected chi connectivity index (χ3v) is 5.10. The van der Waals surface area contributed by atoms with Crippen LogP contribution in [0, 0.1) is 18.6 Å². The molecule has 4 heterocycles. The Labute approximate surface area is 160 Å². The van der Waals surface area contributed by atoms with E-state index in [2.05, 4.69) is 25.5 Å². The average Bonchev–Trinajstić information content (AvgIpc) is 3.26. The lowest BCUT2D eigenvalue weighted by Gasteiger charge is -2.29. The van der Waals surface area contributed by atoms with Gasteiger partial charge in [-0.25, -0.2) is 13.8 Å². The number of pyridine rings is 1. The first-order valence-corrected chi connectivity index (χ1v) is 9.27. The molecule has 144 valence electrons. The third-order valence-electron chi connectivity index (χ3n) is 5.10. The minimum atomic E-state index is -0.431. The monoisotopic (exact) mass is 382 g/mol. The molecule has 0 amide bonds. The Morgan fingerprint density at radius 3 is 2.71 bits per heavy atom. The first kappa shape index (κ1) is 17.0. The predicted molar refractivity (Wildman–Crippen MR) is 107 cm³/mol. The van der Waals surface area contributed by atoms with Gasteiger partial charge in [0.2, 0.25) is 0 Å². The molecule has 0 spiro atoms. The minimum absolute atomic E-state index is 0.272. The molecule has 0 aliphatic carbocycles. The first-order valence-electron chi connectivity index (χ1n) is 9.27. The molecule has 1 aliphatic rings. The number of H-pyrrole nitrogens is 1. The van der Waals surface area contributed by atoms with E-state index in [9.17, 15) is 8.78 Å². The molecule has 28 heavy (non-hydrogen) atoms. The summed E-state index contributed by atoms with van der Waals surface area (Å²) in [5.74, 6) is -0.741. The second-order valence-electron chi connectivity index (χ2n) is 7.10. The molecule has 1 aromatic carbocycles. The van der Waals surface area contributed by atoms with Crippen molar-refractivity contribution in [1.82, 2.24) is 19.7 Å². The lowest BCUT2D eigenvalue weighted by Crippen LogP contribution is -2.43. The molecule has 8 heteroatoms. The van der Waals surface area contributed by atoms with Crippen LogP contribution in [0.2, 0.25) is 0 Å². The van der Waals surface area contributed by atoms with Crippen LogP contribution in [0.25, 0.3) is 16.6 Å². The van der Waals surface area contributed by atoms with Crippen LogP contribution in [0.4, 0.5) is 25.8 Å². The van der Waals surface area contributed by atoms with Gasteiger partial charge in [-0.15, -0.1) is 0 Å². The second kappa shape index (κ2) is 6.49. The molecule has 3 N–H and O–H groups in total. The zero-order chi connectivity index (χ0) is 19.3. The maximum absolute atomic E-state index is 14.9. The molecule has 1 saturated heterocycles. The minimum Gasteiger partial charge on any atom is -0.369 e. The molecule has 3 aromatic heterocycles. The molecule has 5 rings (SSSR count). The molecule has 4 aromatic rings. The Balaban J connectivity index is 1.51. The fourth-order valence-electron chi connectivity index (χ4n) is 3.81. The highest BCUT2D eigenvalue weighted by Gasteiger charge is 2.16. The van der Waals surface area contributed by atoms with Crippen molar-refractivity contribution in [3.05, 3.63) is 54.1 Å². The van der Waals surface area contributed by atoms with Crippen LogP contribution in [0.15, 0.2) is 36.8 Å². The quantitative estimate of drug-likeness (QED) is 0.507. The number of hydrogen-bond donors (Lipinski definition) is 3. The number of benzene rings is 1. The fraction of sp³-hybridized carbons (Fsp3) is 0.250. The summed E-state index contributed by atoms with van der Waals surface area (Å²) in [4.78, 5) is 9.45. The van der Waals surface area contributed by atoms with Gasteiger partial charge in [0.1, 0.15) is 5.82 Å². The average molecular weight is 382 g/mol. The van der Waals surface area contributed by atoms with Gasteiger partial charge >= 0.3 is 0 Å². The number of aryl methyl sites for hydroxylation is 1. The largest absolute Gasteiger partial charge is 0.369 e. The van der Waals surface area contributed by atoms with Crippen LogP contribution in [0.1, 0.15) is 5.69 Å². The van der Waals surface area contributed by atoms with Crippen molar-refractivity contribution in [2.75, 3.05) is 36.4 Å². The Kier molecular flexibility index (Phi) is 3.94. The van der Waals surface area contributed by atoms with Crippen LogP contribution in [0.5, 0.6) is 0 Å². The molecule has 0 saturated carbocycles. The topological polar surface area (TPSA) is 60.4 Å². The van der Waals surface area contributed by atoms with E-state index < -0.39 is 5.82 Å². The maximum atomic E-state index is 14.9. The van der Waals surface area contributed by atoms with E-state index in [0.717, 1.165) is 37.6 Å². The van der Waals surface area contributed by atoms with Crippen LogP contribution >= 0.6 is 0 Å². The van der Waals surface area contributed by atoms with Crippen molar-refractivity contribution in [2.45, 2.75) is 6.92 Å². The molecule has 0 unspecified atom stereocenters. The van der Waals surface area contributed by atoms with E-state index >= 15 is 0 Å². The van der Waals surface area contributed by atoms with E-state index in [1.54, 1.807) is 29.1 Å². The molecule has 6 nitrogen and oxygen atoms in total. The number of rotatable bonds is 3. The van der Waals surface area contributed by atoms with E-state index in [1.165, 1.54) is 6.07 Å². The zero-order valence-electron chi connectivity index (χ0n) is 15.4. The van der Waals surface area contributed by atoms with Crippen molar-refractivity contribution in [2.24, 2.45) is 0 Å². The van der Waals surface area contributed by atoms with E-state index in [1.807, 2.05) is 13.0 Å². The molecular formula is C20H20F2N6. The summed E-state index contributed by atoms with van der Waals surface area (Å²) < 4.78 is 30.9. The number of aromatic amines is 1. The predicted octanol–water partition coefficient (Wildman–Crippen LogP) is 3.56. The summed E-state index contributed by atoms with van der Waals surface area (Å²) in [6.45, 7) is 5.28. The number of nitrogens with one attached hydrogen (secondary N) is 3. The van der Waals surface area contributed by atoms with Crippen LogP contribution in [0.3, 0.4) is 0 Å². The summed E-state index contributed by atoms with van der Waals surface area (Å²) in [5, 5.41) is 6.88. The highest BCUT2D eigenvalue weighted by atomic mass is 19.1. The summed E-state index contributed by atoms with van der Waals surface area (Å²) >= 11 is 0. The SMILES string of the molecule is Cc1cn2cc(Nc3c[nH]c4cc(N5CCNCC5)cc(F)c34)cc(F)c2n1. The summed E-state index contributed by atoms with van der Waals surface area (Å²) in [7, 11) is 0. The van der Waals surface area contributed by atoms with Crippen LogP contribution < -0.4 is 15.5 Å². The number of hydrogen-bond acceptors (Lipinski definition) is 4. The lowest BCUT2D eigenvalue weighted by atomic mass is 10.1. The van der Waals surface area contributed by atoms with Gasteiger partial charge in [-0.2, -0.15) is 0 Å². The van der Waals surface area contributed by atoms with Gasteiger partial charge in [-0.3, -0.25) is 0 Å². The lowest BCUT2D eigenvalue weighted by molar-refractivity contribution is 0.586. The number of anilines is 3. The molecular weight excluding hydrogens is 362 g/mol. The molecule has 0 bridgehead atoms. The normalized spacial score (nSPS) is 14.9. The van der Waals surface area contributed by atoms with Crippen molar-refractivity contribution in [1.29, 1.82) is 0 Å². The number of nitrogens with zero attached hydrogens (tertiary/aromatic N) is 3. The Morgan fingerprint density at radius 2 is 1.89 bits per heavy atom. The molecule has 0 atom stereocenters. The Hall–Kier alpha value is -3.13. The standard InChI is InChI=1S/C20H20F2N6/c1-12-10-28-11-13(6-16(22)20(28)25-12)26-18-9-24-17-8-14(7-15(21)19(17)18)27-4-2-23-3-5-27/h6-11,23-24,26H,2-5H2,1H3.